The molecule has 3 nitrogen and oxygen atoms in total. The minimum absolute atomic E-state index is 0.270. The van der Waals surface area contributed by atoms with Crippen LogP contribution in [0.1, 0.15) is 44.7 Å². The lowest BCUT2D eigenvalue weighted by Crippen LogP contribution is -2.41. The highest BCUT2D eigenvalue weighted by Crippen LogP contribution is 2.50. The van der Waals surface area contributed by atoms with E-state index in [1.165, 1.54) is 37.9 Å². The Labute approximate surface area is 97.2 Å². The van der Waals surface area contributed by atoms with Crippen molar-refractivity contribution < 1.29 is 0 Å². The molecule has 1 aliphatic heterocycles. The summed E-state index contributed by atoms with van der Waals surface area (Å²) in [5.41, 5.74) is 1.71. The second-order valence-corrected chi connectivity index (χ2v) is 5.22. The van der Waals surface area contributed by atoms with Crippen LogP contribution in [0.15, 0.2) is 12.3 Å². The highest BCUT2D eigenvalue weighted by Gasteiger charge is 2.49. The Morgan fingerprint density at radius 1 is 1.56 bits per heavy atom. The maximum atomic E-state index is 4.48. The fraction of sp³-hybridized carbons (Fsp3) is 0.769. The van der Waals surface area contributed by atoms with Crippen LogP contribution in [-0.2, 0) is 12.1 Å². The third kappa shape index (κ3) is 1.49. The van der Waals surface area contributed by atoms with Crippen LogP contribution in [0.25, 0.3) is 0 Å². The van der Waals surface area contributed by atoms with Gasteiger partial charge >= 0.3 is 0 Å². The van der Waals surface area contributed by atoms with Crippen LogP contribution in [0.3, 0.4) is 0 Å². The van der Waals surface area contributed by atoms with Crippen molar-refractivity contribution >= 4 is 0 Å². The van der Waals surface area contributed by atoms with Crippen LogP contribution in [0.4, 0.5) is 0 Å². The zero-order valence-corrected chi connectivity index (χ0v) is 10.1. The van der Waals surface area contributed by atoms with Crippen molar-refractivity contribution in [3.63, 3.8) is 0 Å². The number of nitrogens with zero attached hydrogens (tertiary/aromatic N) is 2. The zero-order valence-electron chi connectivity index (χ0n) is 10.1. The quantitative estimate of drug-likeness (QED) is 0.842. The molecule has 0 amide bonds. The van der Waals surface area contributed by atoms with Gasteiger partial charge in [0.2, 0.25) is 0 Å². The Morgan fingerprint density at radius 3 is 3.06 bits per heavy atom. The maximum absolute atomic E-state index is 4.48. The molecule has 3 rings (SSSR count). The average molecular weight is 219 g/mol. The molecule has 2 fully saturated rings. The minimum atomic E-state index is 0.270. The first-order chi connectivity index (χ1) is 7.87. The molecule has 0 bridgehead atoms. The van der Waals surface area contributed by atoms with Gasteiger partial charge in [-0.3, -0.25) is 4.68 Å². The molecule has 0 radical (unpaired) electrons. The number of nitrogens with one attached hydrogen (secondary N) is 1. The van der Waals surface area contributed by atoms with Gasteiger partial charge in [0.25, 0.3) is 0 Å². The van der Waals surface area contributed by atoms with E-state index in [0.717, 1.165) is 18.9 Å². The smallest absolute Gasteiger partial charge is 0.0634 e. The van der Waals surface area contributed by atoms with Crippen LogP contribution in [0.2, 0.25) is 0 Å². The van der Waals surface area contributed by atoms with E-state index >= 15 is 0 Å². The maximum Gasteiger partial charge on any atom is 0.0634 e. The van der Waals surface area contributed by atoms with E-state index in [1.54, 1.807) is 0 Å². The highest BCUT2D eigenvalue weighted by molar-refractivity contribution is 5.21. The Morgan fingerprint density at radius 2 is 2.44 bits per heavy atom. The van der Waals surface area contributed by atoms with Crippen molar-refractivity contribution in [2.75, 3.05) is 6.54 Å². The predicted molar refractivity (Wildman–Crippen MR) is 64.2 cm³/mol. The lowest BCUT2D eigenvalue weighted by atomic mass is 9.87. The SMILES string of the molecule is CCCn1nccc1C1(C2CC2)CCCN1. The van der Waals surface area contributed by atoms with E-state index < -0.39 is 0 Å². The summed E-state index contributed by atoms with van der Waals surface area (Å²) in [6, 6.07) is 2.23. The van der Waals surface area contributed by atoms with E-state index in [0.29, 0.717) is 0 Å². The monoisotopic (exact) mass is 219 g/mol. The molecule has 1 aromatic heterocycles. The van der Waals surface area contributed by atoms with Crippen molar-refractivity contribution in [2.24, 2.45) is 5.92 Å². The summed E-state index contributed by atoms with van der Waals surface area (Å²) < 4.78 is 2.22. The summed E-state index contributed by atoms with van der Waals surface area (Å²) in [6.45, 7) is 4.45. The molecule has 1 saturated heterocycles. The minimum Gasteiger partial charge on any atom is -0.306 e. The molecule has 1 aliphatic carbocycles. The van der Waals surface area contributed by atoms with Crippen molar-refractivity contribution in [3.8, 4) is 0 Å². The van der Waals surface area contributed by atoms with Crippen LogP contribution in [0, 0.1) is 5.92 Å². The highest BCUT2D eigenvalue weighted by atomic mass is 15.3. The lowest BCUT2D eigenvalue weighted by molar-refractivity contribution is 0.306. The molecule has 1 unspecified atom stereocenters. The summed E-state index contributed by atoms with van der Waals surface area (Å²) in [5, 5.41) is 8.25. The molecule has 2 heterocycles. The summed E-state index contributed by atoms with van der Waals surface area (Å²) in [6.07, 6.45) is 8.53. The standard InChI is InChI=1S/C13H21N3/c1-2-10-16-12(6-9-15-16)13(11-4-5-11)7-3-8-14-13/h6,9,11,14H,2-5,7-8,10H2,1H3. The molecule has 0 spiro atoms. The van der Waals surface area contributed by atoms with Crippen molar-refractivity contribution in [1.29, 1.82) is 0 Å². The zero-order chi connectivity index (χ0) is 11.0. The van der Waals surface area contributed by atoms with Crippen LogP contribution in [-0.4, -0.2) is 16.3 Å². The molecular weight excluding hydrogens is 198 g/mol. The number of aromatic nitrogens is 2. The third-order valence-electron chi connectivity index (χ3n) is 4.07. The second-order valence-electron chi connectivity index (χ2n) is 5.22. The van der Waals surface area contributed by atoms with Crippen molar-refractivity contribution in [2.45, 2.75) is 51.1 Å². The van der Waals surface area contributed by atoms with Crippen LogP contribution in [0.5, 0.6) is 0 Å². The number of rotatable bonds is 4. The van der Waals surface area contributed by atoms with Gasteiger partial charge in [-0.15, -0.1) is 0 Å². The fourth-order valence-electron chi connectivity index (χ4n) is 3.22. The van der Waals surface area contributed by atoms with Crippen molar-refractivity contribution in [1.82, 2.24) is 15.1 Å². The molecule has 1 atom stereocenters. The van der Waals surface area contributed by atoms with E-state index in [1.807, 2.05) is 6.20 Å². The molecule has 2 aliphatic rings. The first kappa shape index (κ1) is 10.3. The number of hydrogen-bond acceptors (Lipinski definition) is 2. The lowest BCUT2D eigenvalue weighted by Gasteiger charge is -2.30. The molecule has 16 heavy (non-hydrogen) atoms. The van der Waals surface area contributed by atoms with E-state index in [-0.39, 0.29) is 5.54 Å². The van der Waals surface area contributed by atoms with E-state index in [2.05, 4.69) is 28.1 Å². The van der Waals surface area contributed by atoms with Gasteiger partial charge in [0.15, 0.2) is 0 Å². The van der Waals surface area contributed by atoms with Gasteiger partial charge in [-0.1, -0.05) is 6.92 Å². The number of hydrogen-bond donors (Lipinski definition) is 1. The molecule has 1 N–H and O–H groups in total. The topological polar surface area (TPSA) is 29.9 Å². The Kier molecular flexibility index (Phi) is 2.51. The van der Waals surface area contributed by atoms with Gasteiger partial charge in [0.1, 0.15) is 0 Å². The Hall–Kier alpha value is -0.830. The Balaban J connectivity index is 1.95. The van der Waals surface area contributed by atoms with E-state index in [9.17, 15) is 0 Å². The summed E-state index contributed by atoms with van der Waals surface area (Å²) in [7, 11) is 0. The third-order valence-corrected chi connectivity index (χ3v) is 4.07. The molecule has 3 heteroatoms. The summed E-state index contributed by atoms with van der Waals surface area (Å²) in [4.78, 5) is 0. The van der Waals surface area contributed by atoms with E-state index in [4.69, 9.17) is 0 Å². The van der Waals surface area contributed by atoms with Gasteiger partial charge in [0, 0.05) is 12.7 Å². The molecule has 88 valence electrons. The molecule has 0 aromatic carbocycles. The fourth-order valence-corrected chi connectivity index (χ4v) is 3.22. The first-order valence-corrected chi connectivity index (χ1v) is 6.64. The molecule has 1 saturated carbocycles. The van der Waals surface area contributed by atoms with Gasteiger partial charge in [-0.25, -0.2) is 0 Å². The number of aryl methyl sites for hydroxylation is 1. The van der Waals surface area contributed by atoms with Gasteiger partial charge in [-0.05, 0) is 50.6 Å². The van der Waals surface area contributed by atoms with Gasteiger partial charge in [-0.2, -0.15) is 5.10 Å². The largest absolute Gasteiger partial charge is 0.306 e. The normalized spacial score (nSPS) is 29.8. The first-order valence-electron chi connectivity index (χ1n) is 6.64. The second kappa shape index (κ2) is 3.88. The Bertz CT molecular complexity index is 359. The average Bonchev–Trinajstić information content (AvgIpc) is 2.87. The van der Waals surface area contributed by atoms with Gasteiger partial charge < -0.3 is 5.32 Å². The van der Waals surface area contributed by atoms with Crippen LogP contribution >= 0.6 is 0 Å². The molecule has 1 aromatic rings. The van der Waals surface area contributed by atoms with Gasteiger partial charge in [0.05, 0.1) is 11.2 Å². The van der Waals surface area contributed by atoms with Crippen molar-refractivity contribution in [3.05, 3.63) is 18.0 Å². The predicted octanol–water partition coefficient (Wildman–Crippen LogP) is 2.28. The summed E-state index contributed by atoms with van der Waals surface area (Å²) in [5.74, 6) is 0.863. The van der Waals surface area contributed by atoms with Crippen LogP contribution < -0.4 is 5.32 Å². The molecular formula is C13H21N3. The summed E-state index contributed by atoms with van der Waals surface area (Å²) >= 11 is 0.